The topological polar surface area (TPSA) is 48.1 Å². The summed E-state index contributed by atoms with van der Waals surface area (Å²) >= 11 is 0. The van der Waals surface area contributed by atoms with Crippen LogP contribution in [0.3, 0.4) is 0 Å². The van der Waals surface area contributed by atoms with E-state index in [4.69, 9.17) is 4.74 Å². The first kappa shape index (κ1) is 20.0. The molecule has 2 heterocycles. The fourth-order valence-corrected chi connectivity index (χ4v) is 3.61. The van der Waals surface area contributed by atoms with Gasteiger partial charge in [-0.2, -0.15) is 0 Å². The Bertz CT molecular complexity index is 574. The third kappa shape index (κ3) is 6.40. The number of nitrogens with zero attached hydrogens (tertiary/aromatic N) is 3. The quantitative estimate of drug-likeness (QED) is 0.883. The highest BCUT2D eigenvalue weighted by Crippen LogP contribution is 2.28. The molecule has 1 aromatic rings. The van der Waals surface area contributed by atoms with Crippen LogP contribution in [0.25, 0.3) is 0 Å². The number of ether oxygens (including phenoxy) is 1. The van der Waals surface area contributed by atoms with Crippen LogP contribution in [-0.2, 0) is 0 Å². The molecule has 2 amide bonds. The Morgan fingerprint density at radius 2 is 1.59 bits per heavy atom. The van der Waals surface area contributed by atoms with E-state index in [0.29, 0.717) is 0 Å². The van der Waals surface area contributed by atoms with Crippen molar-refractivity contribution in [3.05, 3.63) is 24.3 Å². The average Bonchev–Trinajstić information content (AvgIpc) is 3.56. The number of rotatable bonds is 3. The number of likely N-dealkylation sites (tertiary alicyclic amines) is 1. The third-order valence-corrected chi connectivity index (χ3v) is 5.59. The Morgan fingerprint density at radius 3 is 2.15 bits per heavy atom. The van der Waals surface area contributed by atoms with Gasteiger partial charge in [-0.3, -0.25) is 0 Å². The lowest BCUT2D eigenvalue weighted by Crippen LogP contribution is -2.48. The van der Waals surface area contributed by atoms with Gasteiger partial charge < -0.3 is 24.8 Å². The van der Waals surface area contributed by atoms with Gasteiger partial charge in [0.05, 0.1) is 7.11 Å². The molecule has 6 heteroatoms. The maximum Gasteiger partial charge on any atom is 0.321 e. The van der Waals surface area contributed by atoms with Gasteiger partial charge in [0.1, 0.15) is 5.75 Å². The van der Waals surface area contributed by atoms with Crippen molar-refractivity contribution in [2.24, 2.45) is 0 Å². The van der Waals surface area contributed by atoms with E-state index >= 15 is 0 Å². The number of piperidine rings is 1. The van der Waals surface area contributed by atoms with Crippen LogP contribution in [0.1, 0.15) is 32.1 Å². The molecule has 0 radical (unpaired) electrons. The average molecular weight is 375 g/mol. The van der Waals surface area contributed by atoms with Crippen LogP contribution in [-0.4, -0.2) is 80.2 Å². The van der Waals surface area contributed by atoms with Gasteiger partial charge in [-0.25, -0.2) is 4.79 Å². The largest absolute Gasteiger partial charge is 0.497 e. The van der Waals surface area contributed by atoms with E-state index < -0.39 is 0 Å². The number of methoxy groups -OCH3 is 1. The second-order valence-corrected chi connectivity index (χ2v) is 7.78. The molecule has 6 nitrogen and oxygen atoms in total. The summed E-state index contributed by atoms with van der Waals surface area (Å²) in [6.45, 7) is 6.19. The minimum Gasteiger partial charge on any atom is -0.497 e. The molecule has 2 saturated heterocycles. The van der Waals surface area contributed by atoms with Crippen molar-refractivity contribution in [1.82, 2.24) is 14.7 Å². The molecule has 0 spiro atoms. The van der Waals surface area contributed by atoms with Gasteiger partial charge in [-0.1, -0.05) is 6.42 Å². The lowest BCUT2D eigenvalue weighted by molar-refractivity contribution is 0.164. The summed E-state index contributed by atoms with van der Waals surface area (Å²) in [5.41, 5.74) is 0.791. The maximum absolute atomic E-state index is 12.0. The van der Waals surface area contributed by atoms with E-state index in [2.05, 4.69) is 22.2 Å². The lowest BCUT2D eigenvalue weighted by atomic mass is 10.1. The number of carbonyl (C=O) groups excluding carboxylic acids is 1. The van der Waals surface area contributed by atoms with E-state index in [1.54, 1.807) is 7.11 Å². The molecule has 2 aliphatic heterocycles. The van der Waals surface area contributed by atoms with Crippen molar-refractivity contribution in [3.63, 3.8) is 0 Å². The van der Waals surface area contributed by atoms with Crippen molar-refractivity contribution < 1.29 is 9.53 Å². The molecule has 0 aromatic heterocycles. The van der Waals surface area contributed by atoms with Crippen LogP contribution in [0.2, 0.25) is 0 Å². The van der Waals surface area contributed by atoms with Crippen molar-refractivity contribution in [2.45, 2.75) is 38.1 Å². The fraction of sp³-hybridized carbons (Fsp3) is 0.667. The highest BCUT2D eigenvalue weighted by atomic mass is 16.5. The summed E-state index contributed by atoms with van der Waals surface area (Å²) in [6, 6.07) is 8.33. The highest BCUT2D eigenvalue weighted by Gasteiger charge is 2.29. The van der Waals surface area contributed by atoms with E-state index in [0.717, 1.165) is 43.7 Å². The Hall–Kier alpha value is -1.79. The van der Waals surface area contributed by atoms with E-state index in [9.17, 15) is 4.79 Å². The molecule has 3 aliphatic rings. The third-order valence-electron chi connectivity index (χ3n) is 5.59. The SMILES string of the molecule is C1CCN(C2CC2)CC1.COc1ccc(NC(=O)N2CCN(C)CC2)cc1. The molecule has 150 valence electrons. The van der Waals surface area contributed by atoms with Crippen molar-refractivity contribution >= 4 is 11.7 Å². The second-order valence-electron chi connectivity index (χ2n) is 7.78. The summed E-state index contributed by atoms with van der Waals surface area (Å²) in [7, 11) is 3.69. The van der Waals surface area contributed by atoms with Gasteiger partial charge in [0.15, 0.2) is 0 Å². The first-order valence-electron chi connectivity index (χ1n) is 10.3. The van der Waals surface area contributed by atoms with Crippen LogP contribution in [0, 0.1) is 0 Å². The van der Waals surface area contributed by atoms with Crippen LogP contribution < -0.4 is 10.1 Å². The number of amides is 2. The van der Waals surface area contributed by atoms with Gasteiger partial charge in [0, 0.05) is 37.9 Å². The van der Waals surface area contributed by atoms with Gasteiger partial charge in [0.2, 0.25) is 0 Å². The number of anilines is 1. The molecule has 0 unspecified atom stereocenters. The van der Waals surface area contributed by atoms with E-state index in [1.807, 2.05) is 29.2 Å². The Kier molecular flexibility index (Phi) is 7.35. The summed E-state index contributed by atoms with van der Waals surface area (Å²) in [5.74, 6) is 0.785. The second kappa shape index (κ2) is 9.95. The minimum absolute atomic E-state index is 0.0340. The zero-order valence-electron chi connectivity index (χ0n) is 16.8. The van der Waals surface area contributed by atoms with Crippen LogP contribution in [0.5, 0.6) is 5.75 Å². The predicted molar refractivity (Wildman–Crippen MR) is 110 cm³/mol. The molecule has 1 N–H and O–H groups in total. The molecule has 4 rings (SSSR count). The van der Waals surface area contributed by atoms with E-state index in [1.165, 1.54) is 45.2 Å². The normalized spacial score (nSPS) is 21.2. The smallest absolute Gasteiger partial charge is 0.321 e. The van der Waals surface area contributed by atoms with Gasteiger partial charge in [-0.15, -0.1) is 0 Å². The highest BCUT2D eigenvalue weighted by molar-refractivity contribution is 5.89. The van der Waals surface area contributed by atoms with Crippen molar-refractivity contribution in [1.29, 1.82) is 0 Å². The molecule has 1 saturated carbocycles. The minimum atomic E-state index is -0.0340. The van der Waals surface area contributed by atoms with Gasteiger partial charge in [0.25, 0.3) is 0 Å². The predicted octanol–water partition coefficient (Wildman–Crippen LogP) is 3.11. The summed E-state index contributed by atoms with van der Waals surface area (Å²) < 4.78 is 5.07. The number of carbonyl (C=O) groups is 1. The number of hydrogen-bond acceptors (Lipinski definition) is 4. The van der Waals surface area contributed by atoms with Gasteiger partial charge in [-0.05, 0) is 70.1 Å². The molecular weight excluding hydrogens is 340 g/mol. The summed E-state index contributed by atoms with van der Waals surface area (Å²) in [4.78, 5) is 18.7. The zero-order chi connectivity index (χ0) is 19.1. The summed E-state index contributed by atoms with van der Waals surface area (Å²) in [5, 5.41) is 2.89. The number of urea groups is 1. The summed E-state index contributed by atoms with van der Waals surface area (Å²) in [6.07, 6.45) is 7.36. The first-order valence-corrected chi connectivity index (χ1v) is 10.3. The van der Waals surface area contributed by atoms with Gasteiger partial charge >= 0.3 is 6.03 Å². The van der Waals surface area contributed by atoms with Crippen LogP contribution in [0.15, 0.2) is 24.3 Å². The molecule has 27 heavy (non-hydrogen) atoms. The zero-order valence-corrected chi connectivity index (χ0v) is 16.8. The lowest BCUT2D eigenvalue weighted by Gasteiger charge is -2.32. The standard InChI is InChI=1S/C13H19N3O2.C8H15N/c1-15-7-9-16(10-8-15)13(17)14-11-3-5-12(18-2)6-4-11;1-2-6-9(7-3-1)8-4-5-8/h3-6H,7-10H2,1-2H3,(H,14,17);8H,1-7H2. The van der Waals surface area contributed by atoms with Crippen LogP contribution >= 0.6 is 0 Å². The molecule has 1 aromatic carbocycles. The molecule has 3 fully saturated rings. The van der Waals surface area contributed by atoms with E-state index in [-0.39, 0.29) is 6.03 Å². The fourth-order valence-electron chi connectivity index (χ4n) is 3.61. The number of hydrogen-bond donors (Lipinski definition) is 1. The Balaban J connectivity index is 0.000000193. The van der Waals surface area contributed by atoms with Crippen molar-refractivity contribution in [3.8, 4) is 5.75 Å². The monoisotopic (exact) mass is 374 g/mol. The van der Waals surface area contributed by atoms with Crippen molar-refractivity contribution in [2.75, 3.05) is 58.7 Å². The number of nitrogens with one attached hydrogen (secondary N) is 1. The number of likely N-dealkylation sites (N-methyl/N-ethyl adjacent to an activating group) is 1. The Labute approximate surface area is 163 Å². The molecule has 1 aliphatic carbocycles. The molecular formula is C21H34N4O2. The molecule has 0 atom stereocenters. The number of piperazine rings is 1. The number of benzene rings is 1. The maximum atomic E-state index is 12.0. The van der Waals surface area contributed by atoms with Crippen LogP contribution in [0.4, 0.5) is 10.5 Å². The molecule has 0 bridgehead atoms. The first-order chi connectivity index (χ1) is 13.2. The Morgan fingerprint density at radius 1 is 0.963 bits per heavy atom.